The third-order valence-corrected chi connectivity index (χ3v) is 3.44. The van der Waals surface area contributed by atoms with E-state index < -0.39 is 0 Å². The molecule has 1 unspecified atom stereocenters. The van der Waals surface area contributed by atoms with Crippen LogP contribution in [0.25, 0.3) is 0 Å². The zero-order chi connectivity index (χ0) is 13.4. The maximum atomic E-state index is 6.05. The monoisotopic (exact) mass is 289 g/mol. The highest BCUT2D eigenvalue weighted by Crippen LogP contribution is 2.20. The largest absolute Gasteiger partial charge is 0.374 e. The Balaban J connectivity index is 2.27. The highest BCUT2D eigenvalue weighted by molar-refractivity contribution is 6.34. The summed E-state index contributed by atoms with van der Waals surface area (Å²) < 4.78 is 5.76. The molecule has 0 aliphatic rings. The molecule has 0 saturated heterocycles. The molecule has 2 nitrogen and oxygen atoms in total. The number of hydrogen-bond acceptors (Lipinski definition) is 2. The van der Waals surface area contributed by atoms with Crippen LogP contribution in [-0.4, -0.2) is 11.1 Å². The molecule has 102 valence electrons. The number of halogens is 2. The average Bonchev–Trinajstić information content (AvgIpc) is 2.33. The van der Waals surface area contributed by atoms with Gasteiger partial charge in [0.1, 0.15) is 5.15 Å². The van der Waals surface area contributed by atoms with Crippen LogP contribution in [-0.2, 0) is 11.3 Å². The van der Waals surface area contributed by atoms with E-state index in [-0.39, 0.29) is 6.10 Å². The molecule has 0 aliphatic carbocycles. The molecule has 1 aromatic rings. The van der Waals surface area contributed by atoms with Crippen LogP contribution in [0.1, 0.15) is 51.5 Å². The van der Waals surface area contributed by atoms with Crippen molar-refractivity contribution in [3.8, 4) is 0 Å². The first kappa shape index (κ1) is 15.7. The van der Waals surface area contributed by atoms with Crippen molar-refractivity contribution in [1.82, 2.24) is 4.98 Å². The third-order valence-electron chi connectivity index (χ3n) is 2.88. The molecular formula is C14H21Cl2NO. The molecule has 1 heterocycles. The molecule has 0 fully saturated rings. The fourth-order valence-electron chi connectivity index (χ4n) is 1.72. The van der Waals surface area contributed by atoms with Gasteiger partial charge in [0, 0.05) is 11.8 Å². The quantitative estimate of drug-likeness (QED) is 0.481. The lowest BCUT2D eigenvalue weighted by atomic mass is 10.1. The number of rotatable bonds is 8. The second-order valence-electron chi connectivity index (χ2n) is 4.57. The number of hydrogen-bond donors (Lipinski definition) is 0. The molecule has 1 atom stereocenters. The summed E-state index contributed by atoms with van der Waals surface area (Å²) in [5, 5.41) is 1.03. The summed E-state index contributed by atoms with van der Waals surface area (Å²) in [4.78, 5) is 4.01. The molecule has 0 N–H and O–H groups in total. The first-order valence-electron chi connectivity index (χ1n) is 6.55. The number of pyridine rings is 1. The first-order chi connectivity index (χ1) is 8.63. The lowest BCUT2D eigenvalue weighted by Crippen LogP contribution is -2.08. The number of unbranched alkanes of at least 4 members (excludes halogenated alkanes) is 3. The minimum absolute atomic E-state index is 0.258. The Morgan fingerprint density at radius 3 is 2.72 bits per heavy atom. The van der Waals surface area contributed by atoms with Gasteiger partial charge >= 0.3 is 0 Å². The molecule has 1 rings (SSSR count). The number of ether oxygens (including phenoxy) is 1. The summed E-state index contributed by atoms with van der Waals surface area (Å²) in [5.41, 5.74) is 0.890. The fraction of sp³-hybridized carbons (Fsp3) is 0.643. The molecular weight excluding hydrogens is 269 g/mol. The number of nitrogens with zero attached hydrogens (tertiary/aromatic N) is 1. The zero-order valence-electron chi connectivity index (χ0n) is 11.1. The molecule has 1 aromatic heterocycles. The van der Waals surface area contributed by atoms with E-state index >= 15 is 0 Å². The topological polar surface area (TPSA) is 22.1 Å². The van der Waals surface area contributed by atoms with Gasteiger partial charge in [0.15, 0.2) is 0 Å². The summed E-state index contributed by atoms with van der Waals surface area (Å²) in [6.45, 7) is 4.82. The summed E-state index contributed by atoms with van der Waals surface area (Å²) in [6.07, 6.45) is 8.11. The Hall–Kier alpha value is -0.310. The zero-order valence-corrected chi connectivity index (χ0v) is 12.6. The van der Waals surface area contributed by atoms with Crippen molar-refractivity contribution in [3.63, 3.8) is 0 Å². The molecule has 4 heteroatoms. The van der Waals surface area contributed by atoms with Crippen molar-refractivity contribution in [2.75, 3.05) is 0 Å². The van der Waals surface area contributed by atoms with Crippen molar-refractivity contribution in [2.24, 2.45) is 0 Å². The van der Waals surface area contributed by atoms with Gasteiger partial charge in [-0.2, -0.15) is 0 Å². The molecule has 0 spiro atoms. The summed E-state index contributed by atoms with van der Waals surface area (Å²) >= 11 is 11.8. The predicted molar refractivity (Wildman–Crippen MR) is 77.3 cm³/mol. The smallest absolute Gasteiger partial charge is 0.130 e. The summed E-state index contributed by atoms with van der Waals surface area (Å²) in [6, 6.07) is 1.65. The van der Waals surface area contributed by atoms with E-state index in [0.717, 1.165) is 12.0 Å². The standard InChI is InChI=1S/C14H21Cl2NO/c1-3-4-5-6-7-11(2)18-10-12-9-17-14(16)8-13(12)15/h8-9,11H,3-7,10H2,1-2H3. The van der Waals surface area contributed by atoms with Crippen molar-refractivity contribution in [1.29, 1.82) is 0 Å². The Morgan fingerprint density at radius 1 is 1.28 bits per heavy atom. The SMILES string of the molecule is CCCCCCC(C)OCc1cnc(Cl)cc1Cl. The fourth-order valence-corrected chi connectivity index (χ4v) is 2.14. The Labute approximate surface area is 120 Å². The van der Waals surface area contributed by atoms with Crippen LogP contribution in [0.3, 0.4) is 0 Å². The Kier molecular flexibility index (Phi) is 7.64. The Bertz CT molecular complexity index is 358. The van der Waals surface area contributed by atoms with Crippen molar-refractivity contribution >= 4 is 23.2 Å². The predicted octanol–water partition coefficient (Wildman–Crippen LogP) is 5.26. The van der Waals surface area contributed by atoms with Crippen LogP contribution >= 0.6 is 23.2 Å². The van der Waals surface area contributed by atoms with Gasteiger partial charge in [0.2, 0.25) is 0 Å². The molecule has 0 bridgehead atoms. The minimum atomic E-state index is 0.258. The van der Waals surface area contributed by atoms with E-state index in [0.29, 0.717) is 16.8 Å². The second kappa shape index (κ2) is 8.73. The molecule has 0 aliphatic heterocycles. The highest BCUT2D eigenvalue weighted by Gasteiger charge is 2.06. The minimum Gasteiger partial charge on any atom is -0.374 e. The van der Waals surface area contributed by atoms with Gasteiger partial charge in [-0.05, 0) is 19.4 Å². The molecule has 0 aromatic carbocycles. The molecule has 0 radical (unpaired) electrons. The van der Waals surface area contributed by atoms with Crippen LogP contribution in [0.4, 0.5) is 0 Å². The van der Waals surface area contributed by atoms with Gasteiger partial charge in [0.25, 0.3) is 0 Å². The normalized spacial score (nSPS) is 12.7. The van der Waals surface area contributed by atoms with Crippen LogP contribution in [0.2, 0.25) is 10.2 Å². The van der Waals surface area contributed by atoms with E-state index in [1.165, 1.54) is 25.7 Å². The van der Waals surface area contributed by atoms with Gasteiger partial charge in [-0.1, -0.05) is 55.8 Å². The molecule has 0 amide bonds. The van der Waals surface area contributed by atoms with Gasteiger partial charge in [-0.15, -0.1) is 0 Å². The van der Waals surface area contributed by atoms with Crippen LogP contribution in [0, 0.1) is 0 Å². The van der Waals surface area contributed by atoms with E-state index in [1.54, 1.807) is 12.3 Å². The van der Waals surface area contributed by atoms with Crippen molar-refractivity contribution in [2.45, 2.75) is 58.7 Å². The van der Waals surface area contributed by atoms with E-state index in [2.05, 4.69) is 18.8 Å². The highest BCUT2D eigenvalue weighted by atomic mass is 35.5. The third kappa shape index (κ3) is 6.03. The Morgan fingerprint density at radius 2 is 2.06 bits per heavy atom. The van der Waals surface area contributed by atoms with Gasteiger partial charge in [-0.25, -0.2) is 4.98 Å². The van der Waals surface area contributed by atoms with Gasteiger partial charge in [0.05, 0.1) is 17.7 Å². The molecule has 18 heavy (non-hydrogen) atoms. The lowest BCUT2D eigenvalue weighted by Gasteiger charge is -2.13. The average molecular weight is 290 g/mol. The van der Waals surface area contributed by atoms with Gasteiger partial charge in [-0.3, -0.25) is 0 Å². The summed E-state index contributed by atoms with van der Waals surface area (Å²) in [7, 11) is 0. The van der Waals surface area contributed by atoms with Crippen LogP contribution in [0.5, 0.6) is 0 Å². The van der Waals surface area contributed by atoms with Crippen molar-refractivity contribution in [3.05, 3.63) is 28.0 Å². The van der Waals surface area contributed by atoms with E-state index in [4.69, 9.17) is 27.9 Å². The molecule has 0 saturated carbocycles. The summed E-state index contributed by atoms with van der Waals surface area (Å²) in [5.74, 6) is 0. The maximum absolute atomic E-state index is 6.05. The lowest BCUT2D eigenvalue weighted by molar-refractivity contribution is 0.0458. The second-order valence-corrected chi connectivity index (χ2v) is 5.36. The van der Waals surface area contributed by atoms with E-state index in [1.807, 2.05) is 0 Å². The van der Waals surface area contributed by atoms with Crippen LogP contribution < -0.4 is 0 Å². The first-order valence-corrected chi connectivity index (χ1v) is 7.30. The van der Waals surface area contributed by atoms with Gasteiger partial charge < -0.3 is 4.74 Å². The van der Waals surface area contributed by atoms with Crippen molar-refractivity contribution < 1.29 is 4.74 Å². The van der Waals surface area contributed by atoms with E-state index in [9.17, 15) is 0 Å². The van der Waals surface area contributed by atoms with Crippen LogP contribution in [0.15, 0.2) is 12.3 Å². The maximum Gasteiger partial charge on any atom is 0.130 e. The number of aromatic nitrogens is 1.